The van der Waals surface area contributed by atoms with Crippen molar-refractivity contribution in [2.24, 2.45) is 0 Å². The van der Waals surface area contributed by atoms with Crippen LogP contribution in [-0.2, 0) is 21.3 Å². The van der Waals surface area contributed by atoms with Gasteiger partial charge in [0.05, 0.1) is 11.5 Å². The molecule has 53 heavy (non-hydrogen) atoms. The fourth-order valence-electron chi connectivity index (χ4n) is 7.57. The van der Waals surface area contributed by atoms with E-state index in [4.69, 9.17) is 0 Å². The van der Waals surface area contributed by atoms with Crippen molar-refractivity contribution in [1.82, 2.24) is 0 Å². The Hall–Kier alpha value is -6.29. The summed E-state index contributed by atoms with van der Waals surface area (Å²) in [5.41, 5.74) is 17.0. The third-order valence-corrected chi connectivity index (χ3v) is 11.7. The summed E-state index contributed by atoms with van der Waals surface area (Å²) in [7, 11) is -3.37. The Morgan fingerprint density at radius 1 is 0.264 bits per heavy atom. The van der Waals surface area contributed by atoms with Crippen molar-refractivity contribution in [2.75, 3.05) is 0 Å². The molecule has 0 unspecified atom stereocenters. The van der Waals surface area contributed by atoms with Crippen molar-refractivity contribution in [3.63, 3.8) is 0 Å². The molecule has 0 spiro atoms. The van der Waals surface area contributed by atoms with E-state index < -0.39 is 9.84 Å². The van der Waals surface area contributed by atoms with Crippen LogP contribution in [-0.4, -0.2) is 8.42 Å². The van der Waals surface area contributed by atoms with Crippen molar-refractivity contribution in [3.8, 4) is 77.9 Å². The molecule has 2 nitrogen and oxygen atoms in total. The summed E-state index contributed by atoms with van der Waals surface area (Å²) in [6.45, 7) is 0. The maximum atomic E-state index is 13.5. The minimum Gasteiger partial charge on any atom is -0.228 e. The monoisotopic (exact) mass is 700 g/mol. The third-order valence-electron chi connectivity index (χ3n) is 10.2. The topological polar surface area (TPSA) is 34.1 Å². The lowest BCUT2D eigenvalue weighted by atomic mass is 9.88. The van der Waals surface area contributed by atoms with Crippen LogP contribution >= 0.6 is 0 Å². The third kappa shape index (κ3) is 6.75. The summed E-state index contributed by atoms with van der Waals surface area (Å²) in [6, 6.07) is 67.9. The first-order valence-electron chi connectivity index (χ1n) is 18.0. The number of fused-ring (bicyclic) bond motifs is 3. The maximum Gasteiger partial charge on any atom is 0.158 e. The average molecular weight is 701 g/mol. The van der Waals surface area contributed by atoms with Gasteiger partial charge in [-0.3, -0.25) is 0 Å². The number of hydrogen-bond acceptors (Lipinski definition) is 2. The van der Waals surface area contributed by atoms with Crippen molar-refractivity contribution in [3.05, 3.63) is 205 Å². The fourth-order valence-corrected chi connectivity index (χ4v) is 9.12. The Bertz CT molecular complexity index is 2400. The predicted molar refractivity (Wildman–Crippen MR) is 221 cm³/mol. The van der Waals surface area contributed by atoms with Gasteiger partial charge in [-0.25, -0.2) is 8.42 Å². The van der Waals surface area contributed by atoms with Gasteiger partial charge in [0.15, 0.2) is 9.84 Å². The van der Waals surface area contributed by atoms with E-state index >= 15 is 0 Å². The van der Waals surface area contributed by atoms with E-state index in [9.17, 15) is 8.42 Å². The standard InChI is InChI=1S/C50H36O2S/c51-53(52)33-41-23-21-39(47-27-43(35-13-5-1-6-14-35)25-44(28-47)36-15-7-2-8-16-36)31-49(41)50-32-40(22-24-42(50)34-53)48-29-45(37-17-9-3-10-18-37)26-46(30-48)38-19-11-4-12-20-38/h1-32H,33-34H2. The molecule has 0 aromatic heterocycles. The van der Waals surface area contributed by atoms with Gasteiger partial charge >= 0.3 is 0 Å². The Balaban J connectivity index is 1.21. The van der Waals surface area contributed by atoms with Gasteiger partial charge in [-0.15, -0.1) is 0 Å². The van der Waals surface area contributed by atoms with Crippen molar-refractivity contribution in [1.29, 1.82) is 0 Å². The van der Waals surface area contributed by atoms with Gasteiger partial charge in [-0.1, -0.05) is 146 Å². The zero-order valence-corrected chi connectivity index (χ0v) is 29.9. The minimum absolute atomic E-state index is 0.00753. The van der Waals surface area contributed by atoms with Crippen LogP contribution < -0.4 is 0 Å². The Morgan fingerprint density at radius 3 is 0.811 bits per heavy atom. The van der Waals surface area contributed by atoms with Gasteiger partial charge < -0.3 is 0 Å². The molecule has 0 bridgehead atoms. The Morgan fingerprint density at radius 2 is 0.528 bits per heavy atom. The van der Waals surface area contributed by atoms with E-state index in [0.717, 1.165) is 89.0 Å². The molecule has 9 rings (SSSR count). The van der Waals surface area contributed by atoms with Crippen molar-refractivity contribution < 1.29 is 8.42 Å². The second kappa shape index (κ2) is 13.7. The molecule has 0 fully saturated rings. The molecule has 0 atom stereocenters. The molecule has 0 aliphatic carbocycles. The average Bonchev–Trinajstić information content (AvgIpc) is 3.33. The van der Waals surface area contributed by atoms with E-state index in [1.54, 1.807) is 0 Å². The normalized spacial score (nSPS) is 13.1. The highest BCUT2D eigenvalue weighted by Gasteiger charge is 2.25. The SMILES string of the molecule is O=S1(=O)Cc2ccc(-c3cc(-c4ccccc4)cc(-c4ccccc4)c3)cc2-c2cc(-c3cc(-c4ccccc4)cc(-c4ccccc4)c3)ccc2C1. The highest BCUT2D eigenvalue weighted by atomic mass is 32.2. The molecule has 0 radical (unpaired) electrons. The first-order chi connectivity index (χ1) is 26.0. The molecule has 1 aliphatic rings. The molecule has 0 N–H and O–H groups in total. The minimum atomic E-state index is -3.37. The molecule has 254 valence electrons. The lowest BCUT2D eigenvalue weighted by molar-refractivity contribution is 0.595. The zero-order chi connectivity index (χ0) is 35.8. The number of benzene rings is 8. The van der Waals surface area contributed by atoms with E-state index in [1.807, 2.05) is 36.4 Å². The molecule has 1 aliphatic heterocycles. The first kappa shape index (κ1) is 32.6. The summed E-state index contributed by atoms with van der Waals surface area (Å²) >= 11 is 0. The summed E-state index contributed by atoms with van der Waals surface area (Å²) in [5, 5.41) is 0. The van der Waals surface area contributed by atoms with Gasteiger partial charge in [0.2, 0.25) is 0 Å². The van der Waals surface area contributed by atoms with Crippen LogP contribution in [0.5, 0.6) is 0 Å². The highest BCUT2D eigenvalue weighted by molar-refractivity contribution is 7.89. The molecule has 0 saturated heterocycles. The van der Waals surface area contributed by atoms with E-state index in [0.29, 0.717) is 0 Å². The lowest BCUT2D eigenvalue weighted by Gasteiger charge is -2.16. The van der Waals surface area contributed by atoms with Crippen molar-refractivity contribution in [2.45, 2.75) is 11.5 Å². The van der Waals surface area contributed by atoms with Crippen molar-refractivity contribution >= 4 is 9.84 Å². The smallest absolute Gasteiger partial charge is 0.158 e. The molecule has 1 heterocycles. The fraction of sp³-hybridized carbons (Fsp3) is 0.0400. The van der Waals surface area contributed by atoms with Crippen LogP contribution in [0, 0.1) is 0 Å². The second-order valence-electron chi connectivity index (χ2n) is 13.8. The van der Waals surface area contributed by atoms with Crippen LogP contribution in [0.3, 0.4) is 0 Å². The number of sulfone groups is 1. The zero-order valence-electron chi connectivity index (χ0n) is 29.1. The van der Waals surface area contributed by atoms with Crippen LogP contribution in [0.15, 0.2) is 194 Å². The summed E-state index contributed by atoms with van der Waals surface area (Å²) < 4.78 is 27.0. The summed E-state index contributed by atoms with van der Waals surface area (Å²) in [5.74, 6) is 0.0151. The molecular weight excluding hydrogens is 665 g/mol. The highest BCUT2D eigenvalue weighted by Crippen LogP contribution is 2.41. The molecule has 0 saturated carbocycles. The number of hydrogen-bond donors (Lipinski definition) is 0. The van der Waals surface area contributed by atoms with Gasteiger partial charge in [-0.05, 0) is 138 Å². The van der Waals surface area contributed by atoms with Crippen LogP contribution in [0.1, 0.15) is 11.1 Å². The quantitative estimate of drug-likeness (QED) is 0.173. The van der Waals surface area contributed by atoms with Gasteiger partial charge in [0, 0.05) is 0 Å². The van der Waals surface area contributed by atoms with Crippen LogP contribution in [0.25, 0.3) is 77.9 Å². The maximum absolute atomic E-state index is 13.5. The van der Waals surface area contributed by atoms with E-state index in [2.05, 4.69) is 158 Å². The van der Waals surface area contributed by atoms with Crippen LogP contribution in [0.2, 0.25) is 0 Å². The van der Waals surface area contributed by atoms with E-state index in [1.165, 1.54) is 0 Å². The van der Waals surface area contributed by atoms with Gasteiger partial charge in [0.25, 0.3) is 0 Å². The lowest BCUT2D eigenvalue weighted by Crippen LogP contribution is -2.05. The molecule has 8 aromatic carbocycles. The van der Waals surface area contributed by atoms with Crippen LogP contribution in [0.4, 0.5) is 0 Å². The van der Waals surface area contributed by atoms with E-state index in [-0.39, 0.29) is 11.5 Å². The predicted octanol–water partition coefficient (Wildman–Crippen LogP) is 12.8. The number of rotatable bonds is 6. The first-order valence-corrected chi connectivity index (χ1v) is 19.8. The molecule has 0 amide bonds. The summed E-state index contributed by atoms with van der Waals surface area (Å²) in [4.78, 5) is 0. The Labute approximate surface area is 311 Å². The molecular formula is C50H36O2S. The van der Waals surface area contributed by atoms with Gasteiger partial charge in [-0.2, -0.15) is 0 Å². The Kier molecular flexibility index (Phi) is 8.42. The second-order valence-corrected chi connectivity index (χ2v) is 15.9. The molecule has 3 heteroatoms. The largest absolute Gasteiger partial charge is 0.228 e. The molecule has 8 aromatic rings. The van der Waals surface area contributed by atoms with Gasteiger partial charge in [0.1, 0.15) is 0 Å². The summed E-state index contributed by atoms with van der Waals surface area (Å²) in [6.07, 6.45) is 0.